The van der Waals surface area contributed by atoms with Crippen LogP contribution in [-0.2, 0) is 11.3 Å². The highest BCUT2D eigenvalue weighted by atomic mass is 16.4. The van der Waals surface area contributed by atoms with Gasteiger partial charge in [-0.25, -0.2) is 0 Å². The standard InChI is InChI=1S/C15H24N2O2/c1-4-17-14(7-8-16-17)13-9-11(10(2)3)5-6-12(13)15(18)19/h7-8,10-13H,4-6,9H2,1-3H3,(H,18,19). The molecular weight excluding hydrogens is 240 g/mol. The maximum atomic E-state index is 11.5. The number of rotatable bonds is 4. The summed E-state index contributed by atoms with van der Waals surface area (Å²) in [5.41, 5.74) is 1.10. The molecule has 2 rings (SSSR count). The van der Waals surface area contributed by atoms with Gasteiger partial charge in [-0.05, 0) is 44.1 Å². The molecule has 1 aliphatic rings. The van der Waals surface area contributed by atoms with Crippen molar-refractivity contribution < 1.29 is 9.90 Å². The predicted octanol–water partition coefficient (Wildman–Crippen LogP) is 3.14. The second-order valence-corrected chi connectivity index (χ2v) is 5.94. The van der Waals surface area contributed by atoms with E-state index in [-0.39, 0.29) is 11.8 Å². The fourth-order valence-electron chi connectivity index (χ4n) is 3.35. The minimum absolute atomic E-state index is 0.112. The second kappa shape index (κ2) is 5.76. The van der Waals surface area contributed by atoms with Crippen molar-refractivity contribution in [2.45, 2.75) is 52.5 Å². The number of aryl methyl sites for hydroxylation is 1. The average Bonchev–Trinajstić information content (AvgIpc) is 2.85. The minimum atomic E-state index is -0.656. The van der Waals surface area contributed by atoms with E-state index in [0.717, 1.165) is 31.5 Å². The second-order valence-electron chi connectivity index (χ2n) is 5.94. The summed E-state index contributed by atoms with van der Waals surface area (Å²) in [5, 5.41) is 13.8. The highest BCUT2D eigenvalue weighted by molar-refractivity contribution is 5.71. The number of hydrogen-bond acceptors (Lipinski definition) is 2. The van der Waals surface area contributed by atoms with Gasteiger partial charge in [-0.3, -0.25) is 9.48 Å². The van der Waals surface area contributed by atoms with E-state index >= 15 is 0 Å². The molecular formula is C15H24N2O2. The summed E-state index contributed by atoms with van der Waals surface area (Å²) in [5.74, 6) is 0.449. The van der Waals surface area contributed by atoms with Gasteiger partial charge in [0.05, 0.1) is 5.92 Å². The third-order valence-electron chi connectivity index (χ3n) is 4.58. The molecule has 0 radical (unpaired) electrons. The van der Waals surface area contributed by atoms with Crippen molar-refractivity contribution in [2.75, 3.05) is 0 Å². The third-order valence-corrected chi connectivity index (χ3v) is 4.58. The summed E-state index contributed by atoms with van der Waals surface area (Å²) >= 11 is 0. The van der Waals surface area contributed by atoms with Gasteiger partial charge in [0.25, 0.3) is 0 Å². The number of carboxylic acid groups (broad SMARTS) is 1. The van der Waals surface area contributed by atoms with Crippen LogP contribution in [0.3, 0.4) is 0 Å². The topological polar surface area (TPSA) is 55.1 Å². The maximum Gasteiger partial charge on any atom is 0.307 e. The molecule has 1 N–H and O–H groups in total. The summed E-state index contributed by atoms with van der Waals surface area (Å²) in [6.07, 6.45) is 4.58. The molecule has 106 valence electrons. The summed E-state index contributed by atoms with van der Waals surface area (Å²) < 4.78 is 1.95. The average molecular weight is 264 g/mol. The molecule has 1 saturated carbocycles. The van der Waals surface area contributed by atoms with Crippen molar-refractivity contribution >= 4 is 5.97 Å². The largest absolute Gasteiger partial charge is 0.481 e. The number of hydrogen-bond donors (Lipinski definition) is 1. The van der Waals surface area contributed by atoms with Crippen LogP contribution >= 0.6 is 0 Å². The lowest BCUT2D eigenvalue weighted by Gasteiger charge is -2.36. The van der Waals surface area contributed by atoms with E-state index in [4.69, 9.17) is 0 Å². The first-order valence-corrected chi connectivity index (χ1v) is 7.29. The van der Waals surface area contributed by atoms with E-state index in [2.05, 4.69) is 25.9 Å². The van der Waals surface area contributed by atoms with Gasteiger partial charge in [0.2, 0.25) is 0 Å². The highest BCUT2D eigenvalue weighted by Crippen LogP contribution is 2.43. The van der Waals surface area contributed by atoms with E-state index in [0.29, 0.717) is 11.8 Å². The van der Waals surface area contributed by atoms with Crippen molar-refractivity contribution in [3.8, 4) is 0 Å². The molecule has 4 nitrogen and oxygen atoms in total. The molecule has 19 heavy (non-hydrogen) atoms. The van der Waals surface area contributed by atoms with Gasteiger partial charge in [0.15, 0.2) is 0 Å². The van der Waals surface area contributed by atoms with Crippen LogP contribution in [0.1, 0.15) is 51.6 Å². The molecule has 3 unspecified atom stereocenters. The monoisotopic (exact) mass is 264 g/mol. The predicted molar refractivity (Wildman–Crippen MR) is 73.9 cm³/mol. The molecule has 1 fully saturated rings. The van der Waals surface area contributed by atoms with Gasteiger partial charge in [-0.2, -0.15) is 5.10 Å². The Labute approximate surface area is 114 Å². The fraction of sp³-hybridized carbons (Fsp3) is 0.733. The van der Waals surface area contributed by atoms with Gasteiger partial charge in [0, 0.05) is 24.4 Å². The summed E-state index contributed by atoms with van der Waals surface area (Å²) in [7, 11) is 0. The molecule has 0 aliphatic heterocycles. The lowest BCUT2D eigenvalue weighted by atomic mass is 9.69. The quantitative estimate of drug-likeness (QED) is 0.909. The Morgan fingerprint density at radius 2 is 2.26 bits per heavy atom. The normalized spacial score (nSPS) is 27.7. The molecule has 0 aromatic carbocycles. The van der Waals surface area contributed by atoms with E-state index in [9.17, 15) is 9.90 Å². The summed E-state index contributed by atoms with van der Waals surface area (Å²) in [4.78, 5) is 11.5. The van der Waals surface area contributed by atoms with Crippen LogP contribution in [0.15, 0.2) is 12.3 Å². The van der Waals surface area contributed by atoms with Crippen LogP contribution in [0, 0.1) is 17.8 Å². The van der Waals surface area contributed by atoms with Crippen LogP contribution in [-0.4, -0.2) is 20.9 Å². The molecule has 0 amide bonds. The Morgan fingerprint density at radius 1 is 1.53 bits per heavy atom. The molecule has 1 aromatic rings. The zero-order valence-electron chi connectivity index (χ0n) is 12.0. The maximum absolute atomic E-state index is 11.5. The highest BCUT2D eigenvalue weighted by Gasteiger charge is 2.38. The zero-order valence-corrected chi connectivity index (χ0v) is 12.0. The molecule has 0 spiro atoms. The van der Waals surface area contributed by atoms with Gasteiger partial charge in [0.1, 0.15) is 0 Å². The molecule has 0 bridgehead atoms. The minimum Gasteiger partial charge on any atom is -0.481 e. The first kappa shape index (κ1) is 14.1. The van der Waals surface area contributed by atoms with Crippen LogP contribution in [0.4, 0.5) is 0 Å². The van der Waals surface area contributed by atoms with E-state index in [1.807, 2.05) is 10.7 Å². The number of nitrogens with zero attached hydrogens (tertiary/aromatic N) is 2. The van der Waals surface area contributed by atoms with Crippen molar-refractivity contribution in [3.05, 3.63) is 18.0 Å². The van der Waals surface area contributed by atoms with E-state index < -0.39 is 5.97 Å². The van der Waals surface area contributed by atoms with Crippen LogP contribution in [0.25, 0.3) is 0 Å². The van der Waals surface area contributed by atoms with E-state index in [1.54, 1.807) is 6.20 Å². The molecule has 3 atom stereocenters. The molecule has 1 aliphatic carbocycles. The Kier molecular flexibility index (Phi) is 4.27. The molecule has 0 saturated heterocycles. The number of aromatic nitrogens is 2. The molecule has 1 heterocycles. The lowest BCUT2D eigenvalue weighted by molar-refractivity contribution is -0.144. The van der Waals surface area contributed by atoms with Crippen LogP contribution in [0.2, 0.25) is 0 Å². The van der Waals surface area contributed by atoms with Gasteiger partial charge >= 0.3 is 5.97 Å². The van der Waals surface area contributed by atoms with Crippen molar-refractivity contribution in [1.82, 2.24) is 9.78 Å². The summed E-state index contributed by atoms with van der Waals surface area (Å²) in [6.45, 7) is 7.33. The molecule has 1 aromatic heterocycles. The smallest absolute Gasteiger partial charge is 0.307 e. The fourth-order valence-corrected chi connectivity index (χ4v) is 3.35. The Bertz CT molecular complexity index is 439. The third kappa shape index (κ3) is 2.82. The Hall–Kier alpha value is -1.32. The van der Waals surface area contributed by atoms with Gasteiger partial charge in [-0.1, -0.05) is 13.8 Å². The SMILES string of the molecule is CCn1nccc1C1CC(C(C)C)CCC1C(=O)O. The number of carbonyl (C=O) groups is 1. The van der Waals surface area contributed by atoms with Crippen molar-refractivity contribution in [3.63, 3.8) is 0 Å². The van der Waals surface area contributed by atoms with Gasteiger partial charge in [-0.15, -0.1) is 0 Å². The number of carboxylic acids is 1. The lowest BCUT2D eigenvalue weighted by Crippen LogP contribution is -2.32. The first-order chi connectivity index (χ1) is 9.04. The number of aliphatic carboxylic acids is 1. The van der Waals surface area contributed by atoms with Gasteiger partial charge < -0.3 is 5.11 Å². The molecule has 4 heteroatoms. The zero-order chi connectivity index (χ0) is 14.0. The Balaban J connectivity index is 2.28. The van der Waals surface area contributed by atoms with Crippen LogP contribution in [0.5, 0.6) is 0 Å². The van der Waals surface area contributed by atoms with Crippen LogP contribution < -0.4 is 0 Å². The van der Waals surface area contributed by atoms with Crippen molar-refractivity contribution in [1.29, 1.82) is 0 Å². The first-order valence-electron chi connectivity index (χ1n) is 7.29. The van der Waals surface area contributed by atoms with E-state index in [1.165, 1.54) is 0 Å². The Morgan fingerprint density at radius 3 is 2.84 bits per heavy atom. The summed E-state index contributed by atoms with van der Waals surface area (Å²) in [6, 6.07) is 1.99. The van der Waals surface area contributed by atoms with Crippen molar-refractivity contribution in [2.24, 2.45) is 17.8 Å².